The number of hydrogen-bond donors (Lipinski definition) is 1. The van der Waals surface area contributed by atoms with Gasteiger partial charge in [-0.15, -0.1) is 0 Å². The van der Waals surface area contributed by atoms with Gasteiger partial charge in [-0.3, -0.25) is 0 Å². The maximum absolute atomic E-state index is 13.0. The molecule has 0 aliphatic rings. The first-order valence-electron chi connectivity index (χ1n) is 9.48. The number of hydrogen-bond acceptors (Lipinski definition) is 1. The largest absolute Gasteiger partial charge is 0.301 e. The third kappa shape index (κ3) is 4.70. The fourth-order valence-corrected chi connectivity index (χ4v) is 3.92. The zero-order valence-corrected chi connectivity index (χ0v) is 16.1. The van der Waals surface area contributed by atoms with E-state index in [2.05, 4.69) is 81.5 Å². The van der Waals surface area contributed by atoms with Crippen molar-refractivity contribution in [2.45, 2.75) is 52.5 Å². The van der Waals surface area contributed by atoms with Crippen LogP contribution in [0.3, 0.4) is 0 Å². The van der Waals surface area contributed by atoms with Crippen LogP contribution in [-0.2, 0) is 12.0 Å². The highest BCUT2D eigenvalue weighted by Crippen LogP contribution is 2.34. The molecule has 0 aromatic heterocycles. The van der Waals surface area contributed by atoms with Crippen molar-refractivity contribution in [3.63, 3.8) is 0 Å². The van der Waals surface area contributed by atoms with E-state index in [1.807, 2.05) is 0 Å². The zero-order chi connectivity index (χ0) is 18.3. The van der Waals surface area contributed by atoms with Crippen LogP contribution >= 0.6 is 0 Å². The number of aryl methyl sites for hydroxylation is 1. The third-order valence-corrected chi connectivity index (χ3v) is 5.16. The van der Waals surface area contributed by atoms with Gasteiger partial charge in [0.1, 0.15) is 6.67 Å². The van der Waals surface area contributed by atoms with E-state index < -0.39 is 0 Å². The molecule has 2 aromatic rings. The predicted molar refractivity (Wildman–Crippen MR) is 106 cm³/mol. The number of rotatable bonds is 9. The second-order valence-electron chi connectivity index (χ2n) is 7.31. The summed E-state index contributed by atoms with van der Waals surface area (Å²) in [5.41, 5.74) is 4.69. The molecule has 0 unspecified atom stereocenters. The average Bonchev–Trinajstić information content (AvgIpc) is 2.60. The molecule has 25 heavy (non-hydrogen) atoms. The summed E-state index contributed by atoms with van der Waals surface area (Å²) in [5, 5.41) is 3.49. The van der Waals surface area contributed by atoms with Crippen LogP contribution in [0, 0.1) is 12.8 Å². The summed E-state index contributed by atoms with van der Waals surface area (Å²) in [6, 6.07) is 17.1. The molecule has 1 nitrogen and oxygen atoms in total. The molecule has 2 rings (SSSR count). The molecule has 0 aliphatic heterocycles. The van der Waals surface area contributed by atoms with Crippen LogP contribution in [0.25, 0.3) is 0 Å². The van der Waals surface area contributed by atoms with Gasteiger partial charge in [-0.1, -0.05) is 75.2 Å². The van der Waals surface area contributed by atoms with Crippen molar-refractivity contribution in [3.8, 4) is 0 Å². The average molecular weight is 342 g/mol. The van der Waals surface area contributed by atoms with E-state index in [4.69, 9.17) is 0 Å². The molecule has 2 atom stereocenters. The van der Waals surface area contributed by atoms with E-state index in [1.54, 1.807) is 0 Å². The number of halogens is 1. The van der Waals surface area contributed by atoms with Crippen molar-refractivity contribution in [1.82, 2.24) is 5.32 Å². The lowest BCUT2D eigenvalue weighted by molar-refractivity contribution is 0.382. The van der Waals surface area contributed by atoms with E-state index in [0.29, 0.717) is 12.5 Å². The van der Waals surface area contributed by atoms with E-state index in [9.17, 15) is 4.39 Å². The predicted octanol–water partition coefficient (Wildman–Crippen LogP) is 5.80. The fraction of sp³-hybridized carbons (Fsp3) is 0.478. The highest BCUT2D eigenvalue weighted by atomic mass is 19.1. The molecule has 0 amide bonds. The first kappa shape index (κ1) is 19.7. The maximum Gasteiger partial charge on any atom is 0.102 e. The summed E-state index contributed by atoms with van der Waals surface area (Å²) in [6.07, 6.45) is 3.49. The summed E-state index contributed by atoms with van der Waals surface area (Å²) < 4.78 is 13.0. The first-order chi connectivity index (χ1) is 12.0. The van der Waals surface area contributed by atoms with E-state index in [0.717, 1.165) is 6.42 Å². The lowest BCUT2D eigenvalue weighted by atomic mass is 9.78. The van der Waals surface area contributed by atoms with Gasteiger partial charge in [0.25, 0.3) is 0 Å². The van der Waals surface area contributed by atoms with Crippen molar-refractivity contribution in [2.24, 2.45) is 5.92 Å². The maximum atomic E-state index is 13.0. The summed E-state index contributed by atoms with van der Waals surface area (Å²) in [7, 11) is 0. The van der Waals surface area contributed by atoms with Crippen molar-refractivity contribution >= 4 is 0 Å². The Bertz CT molecular complexity index is 667. The van der Waals surface area contributed by atoms with Crippen LogP contribution in [0.5, 0.6) is 0 Å². The van der Waals surface area contributed by atoms with Crippen molar-refractivity contribution < 1.29 is 4.39 Å². The fourth-order valence-electron chi connectivity index (χ4n) is 3.92. The summed E-state index contributed by atoms with van der Waals surface area (Å²) in [6.45, 7) is 8.87. The van der Waals surface area contributed by atoms with Gasteiger partial charge in [0.2, 0.25) is 0 Å². The van der Waals surface area contributed by atoms with Crippen molar-refractivity contribution in [3.05, 3.63) is 70.8 Å². The van der Waals surface area contributed by atoms with E-state index in [1.165, 1.54) is 35.1 Å². The number of benzene rings is 2. The molecule has 2 heteroatoms. The summed E-state index contributed by atoms with van der Waals surface area (Å²) in [5.74, 6) is 0.647. The lowest BCUT2D eigenvalue weighted by Crippen LogP contribution is -2.43. The minimum Gasteiger partial charge on any atom is -0.301 e. The molecule has 0 aliphatic carbocycles. The van der Waals surface area contributed by atoms with Gasteiger partial charge >= 0.3 is 0 Å². The molecular weight excluding hydrogens is 309 g/mol. The van der Waals surface area contributed by atoms with Crippen LogP contribution in [0.1, 0.15) is 55.9 Å². The minimum absolute atomic E-state index is 0.351. The Morgan fingerprint density at radius 1 is 1.04 bits per heavy atom. The highest BCUT2D eigenvalue weighted by Gasteiger charge is 2.31. The second-order valence-corrected chi connectivity index (χ2v) is 7.31. The normalized spacial score (nSPS) is 14.9. The lowest BCUT2D eigenvalue weighted by Gasteiger charge is -2.35. The van der Waals surface area contributed by atoms with Gasteiger partial charge in [-0.2, -0.15) is 0 Å². The van der Waals surface area contributed by atoms with Crippen molar-refractivity contribution in [2.75, 3.05) is 13.2 Å². The molecule has 1 N–H and O–H groups in total. The van der Waals surface area contributed by atoms with Crippen LogP contribution in [0.15, 0.2) is 48.5 Å². The van der Waals surface area contributed by atoms with Crippen LogP contribution < -0.4 is 5.32 Å². The summed E-state index contributed by atoms with van der Waals surface area (Å²) in [4.78, 5) is 0. The van der Waals surface area contributed by atoms with Crippen molar-refractivity contribution in [1.29, 1.82) is 0 Å². The number of alkyl halides is 1. The van der Waals surface area contributed by atoms with Gasteiger partial charge in [0.05, 0.1) is 5.54 Å². The van der Waals surface area contributed by atoms with Crippen LogP contribution in [0.4, 0.5) is 4.39 Å². The van der Waals surface area contributed by atoms with Gasteiger partial charge in [0, 0.05) is 6.54 Å². The Labute approximate surface area is 152 Å². The summed E-state index contributed by atoms with van der Waals surface area (Å²) >= 11 is 0. The SMILES string of the molecule is CCC[C@@H](C)Cc1ccccc1[C@](C)(NCCF)c1ccccc1C. The first-order valence-corrected chi connectivity index (χ1v) is 9.48. The highest BCUT2D eigenvalue weighted by molar-refractivity contribution is 5.45. The Morgan fingerprint density at radius 3 is 2.32 bits per heavy atom. The smallest absolute Gasteiger partial charge is 0.102 e. The second kappa shape index (κ2) is 9.15. The van der Waals surface area contributed by atoms with E-state index >= 15 is 0 Å². The quantitative estimate of drug-likeness (QED) is 0.608. The Kier molecular flexibility index (Phi) is 7.19. The van der Waals surface area contributed by atoms with Gasteiger partial charge in [0.15, 0.2) is 0 Å². The molecule has 0 bridgehead atoms. The van der Waals surface area contributed by atoms with Gasteiger partial charge in [-0.25, -0.2) is 4.39 Å². The zero-order valence-electron chi connectivity index (χ0n) is 16.1. The molecule has 0 heterocycles. The third-order valence-electron chi connectivity index (χ3n) is 5.16. The van der Waals surface area contributed by atoms with Crippen LogP contribution in [-0.4, -0.2) is 13.2 Å². The standard InChI is InChI=1S/C23H32FN/c1-5-10-18(2)17-20-12-7-9-14-22(20)23(4,25-16-15-24)21-13-8-6-11-19(21)3/h6-9,11-14,18,25H,5,10,15-17H2,1-4H3/t18-,23-/m1/s1. The molecule has 0 radical (unpaired) electrons. The van der Waals surface area contributed by atoms with Gasteiger partial charge < -0.3 is 5.32 Å². The topological polar surface area (TPSA) is 12.0 Å². The molecular formula is C23H32FN. The Hall–Kier alpha value is -1.67. The minimum atomic E-state index is -0.389. The Morgan fingerprint density at radius 2 is 1.68 bits per heavy atom. The van der Waals surface area contributed by atoms with E-state index in [-0.39, 0.29) is 12.2 Å². The van der Waals surface area contributed by atoms with Crippen LogP contribution in [0.2, 0.25) is 0 Å². The van der Waals surface area contributed by atoms with Gasteiger partial charge in [-0.05, 0) is 48.4 Å². The molecule has 0 spiro atoms. The number of nitrogens with one attached hydrogen (secondary N) is 1. The Balaban J connectivity index is 2.50. The molecule has 0 saturated heterocycles. The molecule has 0 fully saturated rings. The molecule has 2 aromatic carbocycles. The molecule has 136 valence electrons. The monoisotopic (exact) mass is 341 g/mol. The molecule has 0 saturated carbocycles.